The molecule has 1 aromatic heterocycles. The Labute approximate surface area is 88.9 Å². The van der Waals surface area contributed by atoms with Crippen LogP contribution >= 0.6 is 34.2 Å². The molecule has 0 bridgehead atoms. The van der Waals surface area contributed by atoms with E-state index in [0.717, 1.165) is 10.8 Å². The van der Waals surface area contributed by atoms with Crippen molar-refractivity contribution < 1.29 is 0 Å². The maximum Gasteiger partial charge on any atom is 0.129 e. The van der Waals surface area contributed by atoms with Crippen molar-refractivity contribution in [3.05, 3.63) is 39.2 Å². The van der Waals surface area contributed by atoms with Gasteiger partial charge in [-0.25, -0.2) is 4.98 Å². The fourth-order valence-corrected chi connectivity index (χ4v) is 1.77. The highest BCUT2D eigenvalue weighted by atomic mass is 127. The smallest absolute Gasteiger partial charge is 0.129 e. The molecule has 1 aromatic carbocycles. The minimum atomic E-state index is 0.545. The fourth-order valence-electron chi connectivity index (χ4n) is 1.09. The van der Waals surface area contributed by atoms with Gasteiger partial charge in [0.05, 0.1) is 0 Å². The van der Waals surface area contributed by atoms with Gasteiger partial charge < -0.3 is 0 Å². The first kappa shape index (κ1) is 8.26. The molecule has 0 atom stereocenters. The molecular formula is C9H5ClIN. The number of hydrogen-bond acceptors (Lipinski definition) is 1. The zero-order valence-electron chi connectivity index (χ0n) is 6.09. The number of rotatable bonds is 0. The predicted octanol–water partition coefficient (Wildman–Crippen LogP) is 3.49. The van der Waals surface area contributed by atoms with Crippen LogP contribution in [-0.4, -0.2) is 4.98 Å². The quantitative estimate of drug-likeness (QED) is 0.534. The molecule has 2 rings (SSSR count). The predicted molar refractivity (Wildman–Crippen MR) is 59.5 cm³/mol. The largest absolute Gasteiger partial charge is 0.244 e. The van der Waals surface area contributed by atoms with E-state index in [4.69, 9.17) is 11.6 Å². The molecule has 1 nitrogen and oxygen atoms in total. The summed E-state index contributed by atoms with van der Waals surface area (Å²) in [5.74, 6) is 0. The Hall–Kier alpha value is -0.350. The zero-order valence-corrected chi connectivity index (χ0v) is 9.00. The Morgan fingerprint density at radius 2 is 2.00 bits per heavy atom. The highest BCUT2D eigenvalue weighted by Crippen LogP contribution is 2.18. The molecule has 60 valence electrons. The van der Waals surface area contributed by atoms with Crippen LogP contribution in [0.1, 0.15) is 0 Å². The summed E-state index contributed by atoms with van der Waals surface area (Å²) in [7, 11) is 0. The number of hydrogen-bond donors (Lipinski definition) is 0. The van der Waals surface area contributed by atoms with Gasteiger partial charge in [0.2, 0.25) is 0 Å². The number of aromatic nitrogens is 1. The van der Waals surface area contributed by atoms with Gasteiger partial charge in [0.15, 0.2) is 0 Å². The maximum absolute atomic E-state index is 5.75. The van der Waals surface area contributed by atoms with Crippen molar-refractivity contribution in [3.63, 3.8) is 0 Å². The van der Waals surface area contributed by atoms with E-state index in [-0.39, 0.29) is 0 Å². The van der Waals surface area contributed by atoms with Gasteiger partial charge in [0.25, 0.3) is 0 Å². The van der Waals surface area contributed by atoms with Crippen LogP contribution in [0.15, 0.2) is 30.5 Å². The van der Waals surface area contributed by atoms with Gasteiger partial charge in [0.1, 0.15) is 5.15 Å². The number of benzene rings is 1. The maximum atomic E-state index is 5.75. The summed E-state index contributed by atoms with van der Waals surface area (Å²) in [5, 5.41) is 2.81. The average Bonchev–Trinajstić information content (AvgIpc) is 2.05. The Bertz CT molecular complexity index is 387. The molecule has 0 N–H and O–H groups in total. The summed E-state index contributed by atoms with van der Waals surface area (Å²) >= 11 is 8.02. The molecular weight excluding hydrogens is 284 g/mol. The van der Waals surface area contributed by atoms with Crippen molar-refractivity contribution in [2.75, 3.05) is 0 Å². The molecule has 0 saturated carbocycles. The summed E-state index contributed by atoms with van der Waals surface area (Å²) in [6, 6.07) is 8.05. The van der Waals surface area contributed by atoms with E-state index >= 15 is 0 Å². The molecule has 0 spiro atoms. The minimum absolute atomic E-state index is 0.545. The van der Waals surface area contributed by atoms with Gasteiger partial charge in [-0.1, -0.05) is 17.7 Å². The van der Waals surface area contributed by atoms with Crippen molar-refractivity contribution in [1.82, 2.24) is 4.98 Å². The van der Waals surface area contributed by atoms with Gasteiger partial charge in [-0.2, -0.15) is 0 Å². The second-order valence-corrected chi connectivity index (χ2v) is 4.13. The molecule has 3 heteroatoms. The molecule has 0 amide bonds. The summed E-state index contributed by atoms with van der Waals surface area (Å²) in [5.41, 5.74) is 0. The van der Waals surface area contributed by atoms with Crippen LogP contribution in [0.2, 0.25) is 5.15 Å². The van der Waals surface area contributed by atoms with Crippen molar-refractivity contribution >= 4 is 45.0 Å². The van der Waals surface area contributed by atoms with E-state index in [0.29, 0.717) is 5.15 Å². The number of halogens is 2. The molecule has 0 unspecified atom stereocenters. The van der Waals surface area contributed by atoms with Crippen LogP contribution in [-0.2, 0) is 0 Å². The van der Waals surface area contributed by atoms with Crippen LogP contribution in [0.3, 0.4) is 0 Å². The highest BCUT2D eigenvalue weighted by molar-refractivity contribution is 14.1. The topological polar surface area (TPSA) is 12.9 Å². The van der Waals surface area contributed by atoms with E-state index in [1.165, 1.54) is 3.57 Å². The normalized spacial score (nSPS) is 10.5. The Kier molecular flexibility index (Phi) is 2.19. The van der Waals surface area contributed by atoms with Crippen LogP contribution < -0.4 is 0 Å². The van der Waals surface area contributed by atoms with Crippen LogP contribution in [0.4, 0.5) is 0 Å². The van der Waals surface area contributed by atoms with Crippen molar-refractivity contribution in [3.8, 4) is 0 Å². The molecule has 0 aliphatic rings. The summed E-state index contributed by atoms with van der Waals surface area (Å²) < 4.78 is 1.21. The second kappa shape index (κ2) is 3.18. The summed E-state index contributed by atoms with van der Waals surface area (Å²) in [6.07, 6.45) is 1.79. The lowest BCUT2D eigenvalue weighted by atomic mass is 10.2. The lowest BCUT2D eigenvalue weighted by Crippen LogP contribution is -1.78. The molecule has 0 saturated heterocycles. The molecule has 12 heavy (non-hydrogen) atoms. The van der Waals surface area contributed by atoms with Crippen LogP contribution in [0.25, 0.3) is 10.8 Å². The van der Waals surface area contributed by atoms with Crippen LogP contribution in [0.5, 0.6) is 0 Å². The zero-order chi connectivity index (χ0) is 8.55. The van der Waals surface area contributed by atoms with E-state index < -0.39 is 0 Å². The lowest BCUT2D eigenvalue weighted by Gasteiger charge is -1.97. The van der Waals surface area contributed by atoms with E-state index in [1.54, 1.807) is 6.20 Å². The monoisotopic (exact) mass is 289 g/mol. The lowest BCUT2D eigenvalue weighted by molar-refractivity contribution is 1.36. The SMILES string of the molecule is Clc1cc2ccc(I)cc2cn1. The van der Waals surface area contributed by atoms with Crippen molar-refractivity contribution in [2.24, 2.45) is 0 Å². The van der Waals surface area contributed by atoms with Gasteiger partial charge in [-0.15, -0.1) is 0 Å². The average molecular weight is 290 g/mol. The standard InChI is InChI=1S/C9H5ClIN/c10-9-4-6-1-2-8(11)3-7(6)5-12-9/h1-5H. The van der Waals surface area contributed by atoms with Crippen molar-refractivity contribution in [2.45, 2.75) is 0 Å². The molecule has 0 aliphatic carbocycles. The third kappa shape index (κ3) is 1.54. The van der Waals surface area contributed by atoms with Gasteiger partial charge in [-0.3, -0.25) is 0 Å². The molecule has 0 fully saturated rings. The fraction of sp³-hybridized carbons (Fsp3) is 0. The van der Waals surface area contributed by atoms with E-state index in [1.807, 2.05) is 12.1 Å². The minimum Gasteiger partial charge on any atom is -0.244 e. The third-order valence-corrected chi connectivity index (χ3v) is 2.53. The molecule has 0 radical (unpaired) electrons. The summed E-state index contributed by atoms with van der Waals surface area (Å²) in [6.45, 7) is 0. The first-order valence-electron chi connectivity index (χ1n) is 3.46. The molecule has 2 aromatic rings. The number of fused-ring (bicyclic) bond motifs is 1. The van der Waals surface area contributed by atoms with Crippen molar-refractivity contribution in [1.29, 1.82) is 0 Å². The van der Waals surface area contributed by atoms with Gasteiger partial charge in [-0.05, 0) is 46.2 Å². The van der Waals surface area contributed by atoms with Crippen LogP contribution in [0, 0.1) is 3.57 Å². The first-order valence-corrected chi connectivity index (χ1v) is 4.92. The second-order valence-electron chi connectivity index (χ2n) is 2.50. The van der Waals surface area contributed by atoms with E-state index in [2.05, 4.69) is 39.7 Å². The van der Waals surface area contributed by atoms with Gasteiger partial charge in [0, 0.05) is 15.2 Å². The van der Waals surface area contributed by atoms with E-state index in [9.17, 15) is 0 Å². The number of pyridine rings is 1. The molecule has 1 heterocycles. The molecule has 0 aliphatic heterocycles. The third-order valence-electron chi connectivity index (χ3n) is 1.65. The Balaban J connectivity index is 2.79. The number of nitrogens with zero attached hydrogens (tertiary/aromatic N) is 1. The van der Waals surface area contributed by atoms with Gasteiger partial charge >= 0.3 is 0 Å². The Morgan fingerprint density at radius 3 is 2.83 bits per heavy atom. The Morgan fingerprint density at radius 1 is 1.17 bits per heavy atom. The highest BCUT2D eigenvalue weighted by Gasteiger charge is 1.95. The first-order chi connectivity index (χ1) is 5.75. The summed E-state index contributed by atoms with van der Waals surface area (Å²) in [4.78, 5) is 4.01.